The molecule has 10 nitrogen and oxygen atoms in total. The van der Waals surface area contributed by atoms with Crippen molar-refractivity contribution in [3.63, 3.8) is 0 Å². The van der Waals surface area contributed by atoms with Gasteiger partial charge in [-0.1, -0.05) is 5.21 Å². The number of nitrogens with zero attached hydrogens (tertiary/aromatic N) is 7. The van der Waals surface area contributed by atoms with Gasteiger partial charge in [-0.15, -0.1) is 5.10 Å². The van der Waals surface area contributed by atoms with E-state index in [1.165, 1.54) is 12.5 Å². The Morgan fingerprint density at radius 3 is 2.93 bits per heavy atom. The maximum Gasteiger partial charge on any atom is 0.257 e. The molecule has 2 aliphatic heterocycles. The largest absolute Gasteiger partial charge is 0.472 e. The van der Waals surface area contributed by atoms with Crippen LogP contribution in [0.1, 0.15) is 23.2 Å². The molecule has 5 rings (SSSR count). The highest BCUT2D eigenvalue weighted by Crippen LogP contribution is 2.24. The van der Waals surface area contributed by atoms with Gasteiger partial charge in [-0.05, 0) is 18.9 Å². The van der Waals surface area contributed by atoms with Gasteiger partial charge in [0.1, 0.15) is 12.6 Å². The number of carbonyl (C=O) groups excluding carboxylic acids is 1. The van der Waals surface area contributed by atoms with E-state index in [9.17, 15) is 4.79 Å². The van der Waals surface area contributed by atoms with Gasteiger partial charge in [-0.2, -0.15) is 0 Å². The molecule has 1 atom stereocenters. The molecule has 2 aliphatic rings. The average Bonchev–Trinajstić information content (AvgIpc) is 3.49. The van der Waals surface area contributed by atoms with E-state index in [1.807, 2.05) is 0 Å². The molecule has 0 spiro atoms. The van der Waals surface area contributed by atoms with Gasteiger partial charge in [-0.3, -0.25) is 4.79 Å². The van der Waals surface area contributed by atoms with E-state index in [1.54, 1.807) is 22.0 Å². The average molecular weight is 383 g/mol. The van der Waals surface area contributed by atoms with Crippen molar-refractivity contribution in [1.29, 1.82) is 0 Å². The number of hydrogen-bond acceptors (Lipinski definition) is 8. The molecule has 3 aromatic heterocycles. The Labute approximate surface area is 161 Å². The predicted octanol–water partition coefficient (Wildman–Crippen LogP) is 0.956. The summed E-state index contributed by atoms with van der Waals surface area (Å²) in [5.74, 6) is 0.791. The monoisotopic (exact) mass is 383 g/mol. The molecule has 0 unspecified atom stereocenters. The molecule has 146 valence electrons. The Bertz CT molecular complexity index is 965. The Kier molecular flexibility index (Phi) is 4.40. The molecule has 0 aromatic carbocycles. The van der Waals surface area contributed by atoms with E-state index in [4.69, 9.17) is 9.15 Å². The van der Waals surface area contributed by atoms with Gasteiger partial charge in [0, 0.05) is 26.2 Å². The topological polar surface area (TPSA) is 102 Å². The maximum atomic E-state index is 12.6. The summed E-state index contributed by atoms with van der Waals surface area (Å²) in [6.07, 6.45) is 6.68. The molecule has 0 aliphatic carbocycles. The van der Waals surface area contributed by atoms with E-state index in [2.05, 4.69) is 25.2 Å². The molecule has 0 saturated carbocycles. The third-order valence-corrected chi connectivity index (χ3v) is 5.26. The fourth-order valence-electron chi connectivity index (χ4n) is 3.84. The quantitative estimate of drug-likeness (QED) is 0.656. The van der Waals surface area contributed by atoms with E-state index in [0.717, 1.165) is 31.7 Å². The Hall–Kier alpha value is -3.01. The molecule has 1 amide bonds. The first kappa shape index (κ1) is 17.1. The van der Waals surface area contributed by atoms with Crippen LogP contribution in [0.3, 0.4) is 0 Å². The summed E-state index contributed by atoms with van der Waals surface area (Å²) in [5.41, 5.74) is 1.96. The standard InChI is InChI=1S/C18H21N7O3/c26-18(13-3-7-27-11-13)24-6-8-28-14(9-24)10-25-17-15(21-22-25)16(19-12-20-17)23-4-1-2-5-23/h3,7,11-12,14H,1-2,4-6,8-10H2/t14-/m0/s1. The number of fused-ring (bicyclic) bond motifs is 1. The minimum atomic E-state index is -0.181. The van der Waals surface area contributed by atoms with Crippen LogP contribution < -0.4 is 4.90 Å². The molecule has 28 heavy (non-hydrogen) atoms. The maximum absolute atomic E-state index is 12.6. The number of furan rings is 1. The Morgan fingerprint density at radius 1 is 1.21 bits per heavy atom. The van der Waals surface area contributed by atoms with Gasteiger partial charge >= 0.3 is 0 Å². The van der Waals surface area contributed by atoms with E-state index in [-0.39, 0.29) is 12.0 Å². The number of rotatable bonds is 4. The number of aromatic nitrogens is 5. The third-order valence-electron chi connectivity index (χ3n) is 5.26. The number of carbonyl (C=O) groups is 1. The van der Waals surface area contributed by atoms with Crippen molar-refractivity contribution in [3.8, 4) is 0 Å². The highest BCUT2D eigenvalue weighted by Gasteiger charge is 2.27. The molecular formula is C18H21N7O3. The van der Waals surface area contributed by atoms with E-state index >= 15 is 0 Å². The summed E-state index contributed by atoms with van der Waals surface area (Å²) in [6, 6.07) is 1.68. The number of hydrogen-bond donors (Lipinski definition) is 0. The number of amides is 1. The molecule has 2 fully saturated rings. The number of morpholine rings is 1. The number of ether oxygens (including phenoxy) is 1. The van der Waals surface area contributed by atoms with Crippen molar-refractivity contribution in [2.75, 3.05) is 37.7 Å². The van der Waals surface area contributed by atoms with Crippen LogP contribution in [0.25, 0.3) is 11.2 Å². The molecule has 0 radical (unpaired) electrons. The molecule has 10 heteroatoms. The molecule has 3 aromatic rings. The summed E-state index contributed by atoms with van der Waals surface area (Å²) in [7, 11) is 0. The smallest absolute Gasteiger partial charge is 0.257 e. The molecule has 0 N–H and O–H groups in total. The third kappa shape index (κ3) is 3.09. The summed E-state index contributed by atoms with van der Waals surface area (Å²) < 4.78 is 12.6. The van der Waals surface area contributed by atoms with Crippen LogP contribution in [0.2, 0.25) is 0 Å². The minimum Gasteiger partial charge on any atom is -0.472 e. The van der Waals surface area contributed by atoms with Crippen LogP contribution >= 0.6 is 0 Å². The minimum absolute atomic E-state index is 0.0517. The second-order valence-corrected chi connectivity index (χ2v) is 7.09. The molecular weight excluding hydrogens is 362 g/mol. The molecule has 2 saturated heterocycles. The van der Waals surface area contributed by atoms with Crippen molar-refractivity contribution in [3.05, 3.63) is 30.5 Å². The van der Waals surface area contributed by atoms with Crippen molar-refractivity contribution < 1.29 is 13.9 Å². The highest BCUT2D eigenvalue weighted by atomic mass is 16.5. The van der Waals surface area contributed by atoms with Gasteiger partial charge < -0.3 is 19.0 Å². The second-order valence-electron chi connectivity index (χ2n) is 7.09. The first-order valence-corrected chi connectivity index (χ1v) is 9.52. The second kappa shape index (κ2) is 7.19. The molecule has 0 bridgehead atoms. The van der Waals surface area contributed by atoms with Crippen LogP contribution in [-0.4, -0.2) is 74.7 Å². The SMILES string of the molecule is O=C(c1ccoc1)N1CCO[C@H](Cn2nnc3c(N4CCCC4)ncnc32)C1. The van der Waals surface area contributed by atoms with Crippen LogP contribution in [0, 0.1) is 0 Å². The van der Waals surface area contributed by atoms with Gasteiger partial charge in [-0.25, -0.2) is 14.6 Å². The lowest BCUT2D eigenvalue weighted by molar-refractivity contribution is -0.0297. The fourth-order valence-corrected chi connectivity index (χ4v) is 3.84. The lowest BCUT2D eigenvalue weighted by atomic mass is 10.2. The first-order chi connectivity index (χ1) is 13.8. The van der Waals surface area contributed by atoms with E-state index < -0.39 is 0 Å². The van der Waals surface area contributed by atoms with Crippen LogP contribution in [0.4, 0.5) is 5.82 Å². The summed E-state index contributed by atoms with van der Waals surface area (Å²) in [5, 5.41) is 8.60. The fraction of sp³-hybridized carbons (Fsp3) is 0.500. The zero-order valence-corrected chi connectivity index (χ0v) is 15.4. The lowest BCUT2D eigenvalue weighted by Crippen LogP contribution is -2.47. The zero-order valence-electron chi connectivity index (χ0n) is 15.4. The van der Waals surface area contributed by atoms with Crippen LogP contribution in [0.5, 0.6) is 0 Å². The van der Waals surface area contributed by atoms with Gasteiger partial charge in [0.15, 0.2) is 17.0 Å². The Balaban J connectivity index is 1.34. The zero-order chi connectivity index (χ0) is 18.9. The van der Waals surface area contributed by atoms with Gasteiger partial charge in [0.25, 0.3) is 5.91 Å². The highest BCUT2D eigenvalue weighted by molar-refractivity contribution is 5.93. The van der Waals surface area contributed by atoms with Gasteiger partial charge in [0.2, 0.25) is 0 Å². The van der Waals surface area contributed by atoms with Crippen molar-refractivity contribution >= 4 is 22.9 Å². The summed E-state index contributed by atoms with van der Waals surface area (Å²) >= 11 is 0. The van der Waals surface area contributed by atoms with Crippen LogP contribution in [-0.2, 0) is 11.3 Å². The van der Waals surface area contributed by atoms with Crippen molar-refractivity contribution in [1.82, 2.24) is 29.9 Å². The predicted molar refractivity (Wildman–Crippen MR) is 98.9 cm³/mol. The van der Waals surface area contributed by atoms with Crippen molar-refractivity contribution in [2.45, 2.75) is 25.5 Å². The van der Waals surface area contributed by atoms with E-state index in [0.29, 0.717) is 43.0 Å². The van der Waals surface area contributed by atoms with Crippen molar-refractivity contribution in [2.24, 2.45) is 0 Å². The lowest BCUT2D eigenvalue weighted by Gasteiger charge is -2.32. The normalized spacial score (nSPS) is 20.2. The Morgan fingerprint density at radius 2 is 2.11 bits per heavy atom. The first-order valence-electron chi connectivity index (χ1n) is 9.52. The summed E-state index contributed by atoms with van der Waals surface area (Å²) in [4.78, 5) is 25.4. The van der Waals surface area contributed by atoms with Gasteiger partial charge in [0.05, 0.1) is 31.1 Å². The summed E-state index contributed by atoms with van der Waals surface area (Å²) in [6.45, 7) is 3.96. The number of anilines is 1. The van der Waals surface area contributed by atoms with Crippen LogP contribution in [0.15, 0.2) is 29.3 Å². The molecule has 5 heterocycles.